The van der Waals surface area contributed by atoms with Gasteiger partial charge in [-0.3, -0.25) is 14.6 Å². The minimum absolute atomic E-state index is 0.100. The number of hydrogen-bond acceptors (Lipinski definition) is 5. The largest absolute Gasteiger partial charge is 0.496 e. The van der Waals surface area contributed by atoms with Gasteiger partial charge < -0.3 is 10.1 Å². The van der Waals surface area contributed by atoms with E-state index in [0.29, 0.717) is 28.4 Å². The second-order valence-corrected chi connectivity index (χ2v) is 8.57. The monoisotopic (exact) mass is 492 g/mol. The molecule has 7 nitrogen and oxygen atoms in total. The first kappa shape index (κ1) is 25.0. The molecule has 0 saturated heterocycles. The smallest absolute Gasteiger partial charge is 0.265 e. The van der Waals surface area contributed by atoms with Crippen molar-refractivity contribution in [1.82, 2.24) is 4.98 Å². The van der Waals surface area contributed by atoms with Crippen LogP contribution in [0.4, 0.5) is 20.2 Å². The van der Waals surface area contributed by atoms with Gasteiger partial charge in [0.25, 0.3) is 5.91 Å². The molecular weight excluding hydrogens is 466 g/mol. The molecule has 1 aliphatic rings. The molecule has 0 bridgehead atoms. The Morgan fingerprint density at radius 1 is 1.11 bits per heavy atom. The highest BCUT2D eigenvalue weighted by Crippen LogP contribution is 2.36. The second-order valence-electron chi connectivity index (χ2n) is 8.57. The average molecular weight is 493 g/mol. The van der Waals surface area contributed by atoms with Crippen molar-refractivity contribution in [1.29, 1.82) is 0 Å². The minimum Gasteiger partial charge on any atom is -0.496 e. The number of hydrogen-bond donors (Lipinski definition) is 1. The number of nitrogens with zero attached hydrogens (tertiary/aromatic N) is 3. The summed E-state index contributed by atoms with van der Waals surface area (Å²) in [4.78, 5) is 30.7. The normalized spacial score (nSPS) is 16.9. The zero-order valence-corrected chi connectivity index (χ0v) is 20.3. The summed E-state index contributed by atoms with van der Waals surface area (Å²) in [6.07, 6.45) is -1.84. The summed E-state index contributed by atoms with van der Waals surface area (Å²) < 4.78 is 33.0. The van der Waals surface area contributed by atoms with E-state index in [1.54, 1.807) is 44.5 Å². The molecule has 36 heavy (non-hydrogen) atoms. The summed E-state index contributed by atoms with van der Waals surface area (Å²) in [6.45, 7) is 4.64. The molecule has 2 heterocycles. The Kier molecular flexibility index (Phi) is 7.10. The number of carbonyl (C=O) groups excluding carboxylic acids is 2. The molecule has 3 unspecified atom stereocenters. The van der Waals surface area contributed by atoms with Crippen LogP contribution in [0.25, 0.3) is 11.3 Å². The molecular formula is C27H26F2N4O3. The molecule has 4 rings (SSSR count). The molecule has 0 aliphatic carbocycles. The number of amides is 2. The lowest BCUT2D eigenvalue weighted by molar-refractivity contribution is -0.127. The van der Waals surface area contributed by atoms with Crippen LogP contribution in [0.2, 0.25) is 0 Å². The van der Waals surface area contributed by atoms with Gasteiger partial charge in [-0.05, 0) is 68.3 Å². The van der Waals surface area contributed by atoms with E-state index in [0.717, 1.165) is 12.5 Å². The summed E-state index contributed by atoms with van der Waals surface area (Å²) in [5, 5.41) is 8.14. The molecule has 3 aromatic rings. The van der Waals surface area contributed by atoms with Crippen molar-refractivity contribution < 1.29 is 23.1 Å². The van der Waals surface area contributed by atoms with E-state index in [1.165, 1.54) is 23.2 Å². The standard InChI is InChI=1S/C27H26F2N4O3/c1-15-7-6-12-30-25(15)21-14-20(10-11-22(21)36-4)33-27(35)23(17(3)32-33)26(34)31-19-9-5-8-18(13-19)24(29)16(2)28/h5-14,16,23-24H,1-4H3,(H,31,34). The Balaban J connectivity index is 1.59. The number of halogens is 2. The Morgan fingerprint density at radius 3 is 2.58 bits per heavy atom. The predicted molar refractivity (Wildman–Crippen MR) is 135 cm³/mol. The van der Waals surface area contributed by atoms with E-state index >= 15 is 0 Å². The molecule has 0 spiro atoms. The third kappa shape index (κ3) is 4.82. The van der Waals surface area contributed by atoms with Crippen molar-refractivity contribution in [2.75, 3.05) is 17.4 Å². The lowest BCUT2D eigenvalue weighted by Crippen LogP contribution is -2.36. The second kappa shape index (κ2) is 10.2. The summed E-state index contributed by atoms with van der Waals surface area (Å²) in [7, 11) is 1.55. The molecule has 1 aliphatic heterocycles. The van der Waals surface area contributed by atoms with Gasteiger partial charge in [0, 0.05) is 17.4 Å². The number of rotatable bonds is 7. The van der Waals surface area contributed by atoms with E-state index in [4.69, 9.17) is 4.74 Å². The van der Waals surface area contributed by atoms with Crippen LogP contribution in [0.15, 0.2) is 65.9 Å². The number of hydrazone groups is 1. The first-order chi connectivity index (χ1) is 17.2. The Labute approximate surface area is 207 Å². The molecule has 1 aromatic heterocycles. The summed E-state index contributed by atoms with van der Waals surface area (Å²) >= 11 is 0. The average Bonchev–Trinajstić information content (AvgIpc) is 3.17. The van der Waals surface area contributed by atoms with Gasteiger partial charge in [-0.15, -0.1) is 0 Å². The molecule has 2 amide bonds. The molecule has 3 atom stereocenters. The lowest BCUT2D eigenvalue weighted by Gasteiger charge is -2.17. The van der Waals surface area contributed by atoms with Gasteiger partial charge in [0.1, 0.15) is 11.9 Å². The lowest BCUT2D eigenvalue weighted by atomic mass is 10.0. The maximum atomic E-state index is 14.1. The number of aryl methyl sites for hydroxylation is 1. The zero-order valence-electron chi connectivity index (χ0n) is 20.3. The van der Waals surface area contributed by atoms with Crippen LogP contribution < -0.4 is 15.1 Å². The molecule has 9 heteroatoms. The number of nitrogens with one attached hydrogen (secondary N) is 1. The third-order valence-electron chi connectivity index (χ3n) is 5.96. The SMILES string of the molecule is COc1ccc(N2N=C(C)C(C(=O)Nc3cccc(C(F)C(C)F)c3)C2=O)cc1-c1ncccc1C. The quantitative estimate of drug-likeness (QED) is 0.447. The van der Waals surface area contributed by atoms with Gasteiger partial charge in [0.15, 0.2) is 12.1 Å². The van der Waals surface area contributed by atoms with Crippen LogP contribution in [-0.4, -0.2) is 35.8 Å². The van der Waals surface area contributed by atoms with E-state index < -0.39 is 30.1 Å². The van der Waals surface area contributed by atoms with Crippen molar-refractivity contribution >= 4 is 28.9 Å². The molecule has 0 radical (unpaired) electrons. The Bertz CT molecular complexity index is 1340. The number of ether oxygens (including phenoxy) is 1. The Hall–Kier alpha value is -4.14. The van der Waals surface area contributed by atoms with E-state index in [2.05, 4.69) is 15.4 Å². The highest BCUT2D eigenvalue weighted by Gasteiger charge is 2.40. The van der Waals surface area contributed by atoms with Gasteiger partial charge in [-0.2, -0.15) is 10.1 Å². The van der Waals surface area contributed by atoms with Crippen LogP contribution in [-0.2, 0) is 9.59 Å². The fourth-order valence-electron chi connectivity index (χ4n) is 4.10. The predicted octanol–water partition coefficient (Wildman–Crippen LogP) is 5.41. The highest BCUT2D eigenvalue weighted by atomic mass is 19.2. The van der Waals surface area contributed by atoms with Crippen molar-refractivity contribution in [3.63, 3.8) is 0 Å². The van der Waals surface area contributed by atoms with Crippen LogP contribution in [0.3, 0.4) is 0 Å². The van der Waals surface area contributed by atoms with Crippen molar-refractivity contribution in [3.8, 4) is 17.0 Å². The van der Waals surface area contributed by atoms with Crippen LogP contribution in [0, 0.1) is 12.8 Å². The fourth-order valence-corrected chi connectivity index (χ4v) is 4.10. The molecule has 1 N–H and O–H groups in total. The highest BCUT2D eigenvalue weighted by molar-refractivity contribution is 6.28. The maximum Gasteiger partial charge on any atom is 0.265 e. The zero-order chi connectivity index (χ0) is 26.0. The summed E-state index contributed by atoms with van der Waals surface area (Å²) in [5.41, 5.74) is 3.43. The maximum absolute atomic E-state index is 14.1. The van der Waals surface area contributed by atoms with Gasteiger partial charge >= 0.3 is 0 Å². The van der Waals surface area contributed by atoms with Crippen molar-refractivity contribution in [3.05, 3.63) is 71.9 Å². The number of benzene rings is 2. The van der Waals surface area contributed by atoms with Gasteiger partial charge in [0.05, 0.1) is 24.2 Å². The van der Waals surface area contributed by atoms with Gasteiger partial charge in [0.2, 0.25) is 5.91 Å². The van der Waals surface area contributed by atoms with Crippen LogP contribution >= 0.6 is 0 Å². The third-order valence-corrected chi connectivity index (χ3v) is 5.96. The van der Waals surface area contributed by atoms with Crippen LogP contribution in [0.1, 0.15) is 31.1 Å². The number of methoxy groups -OCH3 is 1. The van der Waals surface area contributed by atoms with Gasteiger partial charge in [-0.25, -0.2) is 8.78 Å². The number of anilines is 2. The molecule has 0 saturated carbocycles. The molecule has 0 fully saturated rings. The first-order valence-electron chi connectivity index (χ1n) is 11.4. The van der Waals surface area contributed by atoms with E-state index in [1.807, 2.05) is 19.1 Å². The minimum atomic E-state index is -1.82. The summed E-state index contributed by atoms with van der Waals surface area (Å²) in [5.74, 6) is -1.73. The Morgan fingerprint density at radius 2 is 1.89 bits per heavy atom. The number of alkyl halides is 2. The first-order valence-corrected chi connectivity index (χ1v) is 11.4. The number of carbonyl (C=O) groups is 2. The van der Waals surface area contributed by atoms with E-state index in [-0.39, 0.29) is 11.3 Å². The number of pyridine rings is 1. The summed E-state index contributed by atoms with van der Waals surface area (Å²) in [6, 6.07) is 14.8. The fraction of sp³-hybridized carbons (Fsp3) is 0.259. The van der Waals surface area contributed by atoms with Crippen LogP contribution in [0.5, 0.6) is 5.75 Å². The molecule has 186 valence electrons. The van der Waals surface area contributed by atoms with E-state index in [9.17, 15) is 18.4 Å². The number of aromatic nitrogens is 1. The molecule has 2 aromatic carbocycles. The van der Waals surface area contributed by atoms with Crippen molar-refractivity contribution in [2.45, 2.75) is 33.1 Å². The van der Waals surface area contributed by atoms with Crippen molar-refractivity contribution in [2.24, 2.45) is 11.0 Å². The van der Waals surface area contributed by atoms with Gasteiger partial charge in [-0.1, -0.05) is 18.2 Å². The topological polar surface area (TPSA) is 83.9 Å².